The maximum atomic E-state index is 5.15. The molecule has 4 rings (SSSR count). The number of hydrogen-bond donors (Lipinski definition) is 0. The summed E-state index contributed by atoms with van der Waals surface area (Å²) in [6.45, 7) is 0. The van der Waals surface area contributed by atoms with Crippen molar-refractivity contribution < 1.29 is 0 Å². The Kier molecular flexibility index (Phi) is 5.72. The highest BCUT2D eigenvalue weighted by molar-refractivity contribution is 7.73. The third-order valence-electron chi connectivity index (χ3n) is 4.99. The maximum absolute atomic E-state index is 5.15. The van der Waals surface area contributed by atoms with Gasteiger partial charge in [-0.25, -0.2) is 0 Å². The number of allylic oxidation sites excluding steroid dienone is 1. The molecule has 1 unspecified atom stereocenters. The molecule has 3 heteroatoms. The van der Waals surface area contributed by atoms with Gasteiger partial charge in [-0.3, -0.25) is 9.98 Å². The van der Waals surface area contributed by atoms with E-state index in [1.54, 1.807) is 0 Å². The first-order valence-corrected chi connectivity index (χ1v) is 11.1. The molecule has 0 aromatic heterocycles. The first-order chi connectivity index (χ1) is 12.9. The van der Waals surface area contributed by atoms with Crippen molar-refractivity contribution in [3.05, 3.63) is 72.4 Å². The van der Waals surface area contributed by atoms with Gasteiger partial charge >= 0.3 is 0 Å². The van der Waals surface area contributed by atoms with Crippen LogP contribution in [-0.2, 0) is 0 Å². The smallest absolute Gasteiger partial charge is 0.0915 e. The summed E-state index contributed by atoms with van der Waals surface area (Å²) in [7, 11) is -0.399. The van der Waals surface area contributed by atoms with Crippen molar-refractivity contribution in [1.82, 2.24) is 0 Å². The highest BCUT2D eigenvalue weighted by atomic mass is 31.1. The fraction of sp³-hybridized carbons (Fsp3) is 0.304. The molecule has 2 aromatic carbocycles. The minimum absolute atomic E-state index is 0.277. The van der Waals surface area contributed by atoms with Gasteiger partial charge in [0.2, 0.25) is 0 Å². The average Bonchev–Trinajstić information content (AvgIpc) is 2.74. The van der Waals surface area contributed by atoms with E-state index in [1.807, 2.05) is 0 Å². The molecule has 2 aliphatic rings. The standard InChI is InChI=1S/C23H25N2P/c1-3-11-20(12-4-1)26(21-13-5-2-6-14-21)18-19-10-9-16-23(25-19)22-15-7-8-17-24-22/h1-6,11-15,17,23H,7-10,16,18H2. The summed E-state index contributed by atoms with van der Waals surface area (Å²) in [5.41, 5.74) is 2.57. The van der Waals surface area contributed by atoms with Gasteiger partial charge in [-0.15, -0.1) is 0 Å². The number of hydrogen-bond acceptors (Lipinski definition) is 2. The van der Waals surface area contributed by atoms with Gasteiger partial charge in [0.15, 0.2) is 0 Å². The molecular weight excluding hydrogens is 335 g/mol. The molecule has 0 saturated carbocycles. The van der Waals surface area contributed by atoms with E-state index in [0.29, 0.717) is 0 Å². The fourth-order valence-electron chi connectivity index (χ4n) is 3.66. The molecule has 1 atom stereocenters. The lowest BCUT2D eigenvalue weighted by Gasteiger charge is -2.25. The van der Waals surface area contributed by atoms with E-state index in [0.717, 1.165) is 31.8 Å². The van der Waals surface area contributed by atoms with E-state index in [1.165, 1.54) is 28.4 Å². The highest BCUT2D eigenvalue weighted by Gasteiger charge is 2.22. The van der Waals surface area contributed by atoms with E-state index in [4.69, 9.17) is 4.99 Å². The summed E-state index contributed by atoms with van der Waals surface area (Å²) in [6, 6.07) is 22.2. The molecule has 0 bridgehead atoms. The summed E-state index contributed by atoms with van der Waals surface area (Å²) in [5.74, 6) is 0. The van der Waals surface area contributed by atoms with Gasteiger partial charge in [0, 0.05) is 18.1 Å². The van der Waals surface area contributed by atoms with Crippen LogP contribution in [0.5, 0.6) is 0 Å². The van der Waals surface area contributed by atoms with Gasteiger partial charge in [0.25, 0.3) is 0 Å². The van der Waals surface area contributed by atoms with E-state index in [2.05, 4.69) is 77.9 Å². The molecule has 0 aliphatic carbocycles. The molecule has 2 aliphatic heterocycles. The van der Waals surface area contributed by atoms with Crippen molar-refractivity contribution in [2.24, 2.45) is 9.98 Å². The largest absolute Gasteiger partial charge is 0.284 e. The maximum Gasteiger partial charge on any atom is 0.0915 e. The normalized spacial score (nSPS) is 20.0. The van der Waals surface area contributed by atoms with Crippen molar-refractivity contribution in [3.63, 3.8) is 0 Å². The first-order valence-electron chi connectivity index (χ1n) is 9.56. The predicted molar refractivity (Wildman–Crippen MR) is 115 cm³/mol. The zero-order valence-corrected chi connectivity index (χ0v) is 16.0. The van der Waals surface area contributed by atoms with E-state index >= 15 is 0 Å². The van der Waals surface area contributed by atoms with E-state index < -0.39 is 7.92 Å². The Hall–Kier alpha value is -2.05. The SMILES string of the molecule is C1=NC(C2CCCC(CP(c3ccccc3)c3ccccc3)=N2)=CCC1. The molecule has 0 fully saturated rings. The van der Waals surface area contributed by atoms with Crippen LogP contribution in [-0.4, -0.2) is 24.1 Å². The van der Waals surface area contributed by atoms with E-state index in [-0.39, 0.29) is 6.04 Å². The quantitative estimate of drug-likeness (QED) is 0.680. The Morgan fingerprint density at radius 1 is 0.885 bits per heavy atom. The summed E-state index contributed by atoms with van der Waals surface area (Å²) in [4.78, 5) is 9.76. The lowest BCUT2D eigenvalue weighted by molar-refractivity contribution is 0.619. The molecule has 2 nitrogen and oxygen atoms in total. The molecule has 26 heavy (non-hydrogen) atoms. The molecule has 0 radical (unpaired) electrons. The van der Waals surface area contributed by atoms with Crippen molar-refractivity contribution in [2.75, 3.05) is 6.16 Å². The van der Waals surface area contributed by atoms with E-state index in [9.17, 15) is 0 Å². The van der Waals surface area contributed by atoms with Crippen LogP contribution in [0.15, 0.2) is 82.4 Å². The van der Waals surface area contributed by atoms with Gasteiger partial charge in [0.05, 0.1) is 11.7 Å². The van der Waals surface area contributed by atoms with Crippen LogP contribution in [0.1, 0.15) is 32.1 Å². The Bertz CT molecular complexity index is 769. The van der Waals surface area contributed by atoms with Crippen LogP contribution >= 0.6 is 7.92 Å². The number of rotatable bonds is 5. The Morgan fingerprint density at radius 3 is 2.19 bits per heavy atom. The summed E-state index contributed by atoms with van der Waals surface area (Å²) in [6.07, 6.45) is 11.1. The van der Waals surface area contributed by atoms with Gasteiger partial charge in [-0.1, -0.05) is 66.7 Å². The third-order valence-corrected chi connectivity index (χ3v) is 7.51. The molecule has 2 aromatic rings. The van der Waals surface area contributed by atoms with Crippen LogP contribution < -0.4 is 10.6 Å². The molecule has 0 spiro atoms. The van der Waals surface area contributed by atoms with Crippen LogP contribution in [0.4, 0.5) is 0 Å². The average molecular weight is 360 g/mol. The van der Waals surface area contributed by atoms with Gasteiger partial charge in [-0.05, 0) is 50.6 Å². The van der Waals surface area contributed by atoms with Gasteiger partial charge < -0.3 is 0 Å². The molecule has 2 heterocycles. The molecule has 0 saturated heterocycles. The van der Waals surface area contributed by atoms with Gasteiger partial charge in [-0.2, -0.15) is 0 Å². The fourth-order valence-corrected chi connectivity index (χ4v) is 6.00. The van der Waals surface area contributed by atoms with Crippen LogP contribution in [0, 0.1) is 0 Å². The second-order valence-electron chi connectivity index (χ2n) is 6.88. The molecule has 132 valence electrons. The predicted octanol–water partition coefficient (Wildman–Crippen LogP) is 4.86. The van der Waals surface area contributed by atoms with Crippen molar-refractivity contribution >= 4 is 30.5 Å². The lowest BCUT2D eigenvalue weighted by Crippen LogP contribution is -2.23. The molecular formula is C23H25N2P. The minimum Gasteiger partial charge on any atom is -0.284 e. The van der Waals surface area contributed by atoms with Crippen LogP contribution in [0.25, 0.3) is 0 Å². The Morgan fingerprint density at radius 2 is 1.58 bits per heavy atom. The number of nitrogens with zero attached hydrogens (tertiary/aromatic N) is 2. The van der Waals surface area contributed by atoms with Crippen molar-refractivity contribution in [2.45, 2.75) is 38.1 Å². The summed E-state index contributed by atoms with van der Waals surface area (Å²) < 4.78 is 0. The molecule has 0 amide bonds. The summed E-state index contributed by atoms with van der Waals surface area (Å²) in [5, 5.41) is 2.88. The van der Waals surface area contributed by atoms with Crippen molar-refractivity contribution in [3.8, 4) is 0 Å². The zero-order chi connectivity index (χ0) is 17.6. The minimum atomic E-state index is -0.399. The van der Waals surface area contributed by atoms with Gasteiger partial charge in [0.1, 0.15) is 0 Å². The molecule has 0 N–H and O–H groups in total. The second-order valence-corrected chi connectivity index (χ2v) is 9.08. The number of benzene rings is 2. The third kappa shape index (κ3) is 4.19. The second kappa shape index (κ2) is 8.56. The highest BCUT2D eigenvalue weighted by Crippen LogP contribution is 2.35. The van der Waals surface area contributed by atoms with Crippen LogP contribution in [0.2, 0.25) is 0 Å². The Labute approximate surface area is 157 Å². The summed E-state index contributed by atoms with van der Waals surface area (Å²) >= 11 is 0. The Balaban J connectivity index is 1.60. The topological polar surface area (TPSA) is 24.7 Å². The first kappa shape index (κ1) is 17.4. The number of aliphatic imine (C=N–C) groups is 2. The van der Waals surface area contributed by atoms with Crippen molar-refractivity contribution in [1.29, 1.82) is 0 Å². The van der Waals surface area contributed by atoms with Crippen LogP contribution in [0.3, 0.4) is 0 Å². The zero-order valence-electron chi connectivity index (χ0n) is 15.1. The lowest BCUT2D eigenvalue weighted by atomic mass is 9.99. The monoisotopic (exact) mass is 360 g/mol.